The Balaban J connectivity index is 1.75. The van der Waals surface area contributed by atoms with Crippen LogP contribution in [0.1, 0.15) is 36.8 Å². The minimum absolute atomic E-state index is 0.114. The van der Waals surface area contributed by atoms with Gasteiger partial charge < -0.3 is 29.4 Å². The number of rotatable bonds is 7. The van der Waals surface area contributed by atoms with Gasteiger partial charge in [-0.05, 0) is 43.7 Å². The lowest BCUT2D eigenvalue weighted by molar-refractivity contribution is 0.187. The standard InChI is InChI=1S/C30H33N3O5/c1-6-33-23-11-12-24(33)28-27(20-10-9-19(35-3)15-26(20)37-5)22(16-31)30(32)38-29(28)21(23)13-17-7-8-18(34-2)14-25(17)36-4/h7-10,13-15,23-24,27H,6,11-12,32H2,1-5H3/b21-13+/t23?,24?,27-/m0/s1. The van der Waals surface area contributed by atoms with E-state index in [2.05, 4.69) is 24.0 Å². The molecule has 8 heteroatoms. The van der Waals surface area contributed by atoms with E-state index in [1.165, 1.54) is 0 Å². The Morgan fingerprint density at radius 1 is 0.974 bits per heavy atom. The van der Waals surface area contributed by atoms with Gasteiger partial charge in [0.2, 0.25) is 5.88 Å². The van der Waals surface area contributed by atoms with Crippen molar-refractivity contribution in [2.75, 3.05) is 35.0 Å². The number of allylic oxidation sites excluding steroid dienone is 1. The molecule has 0 amide bonds. The average molecular weight is 516 g/mol. The predicted octanol–water partition coefficient (Wildman–Crippen LogP) is 4.73. The Bertz CT molecular complexity index is 1390. The van der Waals surface area contributed by atoms with E-state index in [0.717, 1.165) is 53.2 Å². The average Bonchev–Trinajstić information content (AvgIpc) is 3.31. The molecule has 3 heterocycles. The second-order valence-electron chi connectivity index (χ2n) is 9.46. The van der Waals surface area contributed by atoms with E-state index < -0.39 is 5.92 Å². The molecule has 1 fully saturated rings. The molecule has 2 N–H and O–H groups in total. The number of benzene rings is 2. The van der Waals surface area contributed by atoms with Crippen LogP contribution in [-0.2, 0) is 4.74 Å². The number of hydrogen-bond acceptors (Lipinski definition) is 8. The van der Waals surface area contributed by atoms with Crippen LogP contribution in [0.4, 0.5) is 0 Å². The summed E-state index contributed by atoms with van der Waals surface area (Å²) in [6.45, 7) is 3.03. The van der Waals surface area contributed by atoms with Gasteiger partial charge in [0.05, 0.1) is 34.4 Å². The Hall–Kier alpha value is -4.09. The Labute approximate surface area is 223 Å². The van der Waals surface area contributed by atoms with Gasteiger partial charge in [0.15, 0.2) is 0 Å². The third-order valence-electron chi connectivity index (χ3n) is 7.82. The number of nitrogens with two attached hydrogens (primary N) is 1. The van der Waals surface area contributed by atoms with Gasteiger partial charge in [0.25, 0.3) is 0 Å². The van der Waals surface area contributed by atoms with Crippen LogP contribution in [0.3, 0.4) is 0 Å². The van der Waals surface area contributed by atoms with E-state index in [0.29, 0.717) is 22.8 Å². The van der Waals surface area contributed by atoms with Crippen LogP contribution in [0, 0.1) is 11.3 Å². The molecular formula is C30H33N3O5. The van der Waals surface area contributed by atoms with Crippen molar-refractivity contribution in [1.29, 1.82) is 5.26 Å². The normalized spacial score (nSPS) is 23.6. The van der Waals surface area contributed by atoms with Crippen molar-refractivity contribution in [2.45, 2.75) is 37.8 Å². The molecule has 5 rings (SSSR count). The fraction of sp³-hybridized carbons (Fsp3) is 0.367. The summed E-state index contributed by atoms with van der Waals surface area (Å²) in [6.07, 6.45) is 4.04. The molecule has 0 aliphatic carbocycles. The van der Waals surface area contributed by atoms with Crippen LogP contribution in [0.5, 0.6) is 23.0 Å². The summed E-state index contributed by atoms with van der Waals surface area (Å²) in [5.41, 5.74) is 10.7. The zero-order valence-corrected chi connectivity index (χ0v) is 22.4. The fourth-order valence-corrected chi connectivity index (χ4v) is 6.11. The summed E-state index contributed by atoms with van der Waals surface area (Å²) < 4.78 is 28.6. The van der Waals surface area contributed by atoms with Gasteiger partial charge in [0, 0.05) is 46.5 Å². The van der Waals surface area contributed by atoms with Crippen LogP contribution in [-0.4, -0.2) is 52.0 Å². The summed E-state index contributed by atoms with van der Waals surface area (Å²) in [5.74, 6) is 3.17. The first kappa shape index (κ1) is 25.6. The molecule has 3 aliphatic heterocycles. The first-order valence-electron chi connectivity index (χ1n) is 12.7. The third-order valence-corrected chi connectivity index (χ3v) is 7.82. The monoisotopic (exact) mass is 515 g/mol. The Morgan fingerprint density at radius 3 is 2.26 bits per heavy atom. The smallest absolute Gasteiger partial charge is 0.205 e. The molecular weight excluding hydrogens is 482 g/mol. The highest BCUT2D eigenvalue weighted by Crippen LogP contribution is 2.54. The highest BCUT2D eigenvalue weighted by molar-refractivity contribution is 5.69. The maximum absolute atomic E-state index is 10.2. The van der Waals surface area contributed by atoms with Crippen LogP contribution in [0.25, 0.3) is 6.08 Å². The lowest BCUT2D eigenvalue weighted by atomic mass is 9.76. The number of nitriles is 1. The van der Waals surface area contributed by atoms with Gasteiger partial charge in [0.1, 0.15) is 40.4 Å². The first-order valence-corrected chi connectivity index (χ1v) is 12.7. The largest absolute Gasteiger partial charge is 0.497 e. The highest BCUT2D eigenvalue weighted by atomic mass is 16.5. The molecule has 2 aromatic carbocycles. The van der Waals surface area contributed by atoms with Crippen molar-refractivity contribution < 1.29 is 23.7 Å². The second kappa shape index (κ2) is 10.3. The number of methoxy groups -OCH3 is 4. The number of nitrogens with zero attached hydrogens (tertiary/aromatic N) is 2. The molecule has 0 radical (unpaired) electrons. The maximum Gasteiger partial charge on any atom is 0.205 e. The van der Waals surface area contributed by atoms with Crippen LogP contribution in [0.2, 0.25) is 0 Å². The van der Waals surface area contributed by atoms with Crippen molar-refractivity contribution >= 4 is 6.08 Å². The summed E-state index contributed by atoms with van der Waals surface area (Å²) in [5, 5.41) is 10.2. The van der Waals surface area contributed by atoms with Gasteiger partial charge in [-0.1, -0.05) is 13.0 Å². The van der Waals surface area contributed by atoms with E-state index in [9.17, 15) is 5.26 Å². The molecule has 8 nitrogen and oxygen atoms in total. The number of likely N-dealkylation sites (N-methyl/N-ethyl adjacent to an activating group) is 1. The van der Waals surface area contributed by atoms with E-state index in [1.807, 2.05) is 36.4 Å². The number of fused-ring (bicyclic) bond motifs is 3. The SMILES string of the molecule is CCN1C2CCC1/C(=C\c1ccc(OC)cc1OC)C1=C2[C@@H](c2ccc(OC)cc2OC)C(C#N)=C(N)O1. The van der Waals surface area contributed by atoms with Crippen molar-refractivity contribution in [3.8, 4) is 29.1 Å². The van der Waals surface area contributed by atoms with Gasteiger partial charge in [-0.2, -0.15) is 5.26 Å². The van der Waals surface area contributed by atoms with Crippen LogP contribution >= 0.6 is 0 Å². The van der Waals surface area contributed by atoms with Gasteiger partial charge in [-0.3, -0.25) is 4.90 Å². The molecule has 0 saturated carbocycles. The maximum atomic E-state index is 10.2. The van der Waals surface area contributed by atoms with E-state index in [4.69, 9.17) is 29.4 Å². The minimum atomic E-state index is -0.413. The summed E-state index contributed by atoms with van der Waals surface area (Å²) in [6, 6.07) is 14.1. The first-order chi connectivity index (χ1) is 18.5. The molecule has 3 atom stereocenters. The third kappa shape index (κ3) is 4.04. The highest BCUT2D eigenvalue weighted by Gasteiger charge is 2.50. The van der Waals surface area contributed by atoms with Crippen LogP contribution in [0.15, 0.2) is 64.8 Å². The van der Waals surface area contributed by atoms with E-state index in [1.54, 1.807) is 28.4 Å². The van der Waals surface area contributed by atoms with Crippen molar-refractivity contribution in [3.63, 3.8) is 0 Å². The second-order valence-corrected chi connectivity index (χ2v) is 9.46. The molecule has 198 valence electrons. The number of hydrogen-bond donors (Lipinski definition) is 1. The van der Waals surface area contributed by atoms with E-state index in [-0.39, 0.29) is 18.0 Å². The fourth-order valence-electron chi connectivity index (χ4n) is 6.11. The topological polar surface area (TPSA) is 99.2 Å². The lowest BCUT2D eigenvalue weighted by Crippen LogP contribution is -2.45. The minimum Gasteiger partial charge on any atom is -0.497 e. The molecule has 3 aliphatic rings. The molecule has 2 aromatic rings. The molecule has 0 aromatic heterocycles. The number of ether oxygens (including phenoxy) is 5. The quantitative estimate of drug-likeness (QED) is 0.565. The van der Waals surface area contributed by atoms with Crippen molar-refractivity contribution in [2.24, 2.45) is 5.73 Å². The zero-order chi connectivity index (χ0) is 27.0. The lowest BCUT2D eigenvalue weighted by Gasteiger charge is -2.43. The Morgan fingerprint density at radius 2 is 1.63 bits per heavy atom. The van der Waals surface area contributed by atoms with Crippen molar-refractivity contribution in [1.82, 2.24) is 4.90 Å². The van der Waals surface area contributed by atoms with Gasteiger partial charge in [-0.15, -0.1) is 0 Å². The predicted molar refractivity (Wildman–Crippen MR) is 144 cm³/mol. The molecule has 38 heavy (non-hydrogen) atoms. The molecule has 2 unspecified atom stereocenters. The summed E-state index contributed by atoms with van der Waals surface area (Å²) in [4.78, 5) is 2.49. The van der Waals surface area contributed by atoms with Gasteiger partial charge >= 0.3 is 0 Å². The molecule has 0 spiro atoms. The van der Waals surface area contributed by atoms with Crippen molar-refractivity contribution in [3.05, 3.63) is 75.9 Å². The van der Waals surface area contributed by atoms with E-state index >= 15 is 0 Å². The van der Waals surface area contributed by atoms with Crippen LogP contribution < -0.4 is 24.7 Å². The zero-order valence-electron chi connectivity index (χ0n) is 22.4. The summed E-state index contributed by atoms with van der Waals surface area (Å²) >= 11 is 0. The summed E-state index contributed by atoms with van der Waals surface area (Å²) in [7, 11) is 6.52. The molecule has 1 saturated heterocycles. The Kier molecular flexibility index (Phi) is 6.96. The van der Waals surface area contributed by atoms with Gasteiger partial charge in [-0.25, -0.2) is 0 Å². The molecule has 2 bridgehead atoms.